The Morgan fingerprint density at radius 1 is 1.14 bits per heavy atom. The number of benzene rings is 1. The lowest BCUT2D eigenvalue weighted by Crippen LogP contribution is -2.40. The van der Waals surface area contributed by atoms with E-state index in [1.54, 1.807) is 16.4 Å². The van der Waals surface area contributed by atoms with Crippen LogP contribution in [0.2, 0.25) is 0 Å². The van der Waals surface area contributed by atoms with Gasteiger partial charge in [-0.15, -0.1) is 0 Å². The van der Waals surface area contributed by atoms with Gasteiger partial charge in [0.15, 0.2) is 0 Å². The molecule has 0 N–H and O–H groups in total. The molecule has 4 rings (SSSR count). The smallest absolute Gasteiger partial charge is 0.243 e. The van der Waals surface area contributed by atoms with E-state index in [2.05, 4.69) is 0 Å². The monoisotopic (exact) mass is 321 g/mol. The summed E-state index contributed by atoms with van der Waals surface area (Å²) in [6.07, 6.45) is 4.69. The molecule has 1 heterocycles. The van der Waals surface area contributed by atoms with Crippen molar-refractivity contribution in [1.29, 1.82) is 0 Å². The minimum atomic E-state index is -3.39. The Hall–Kier alpha value is -0.910. The molecule has 1 aromatic carbocycles. The van der Waals surface area contributed by atoms with Crippen LogP contribution >= 0.6 is 0 Å². The molecule has 2 aliphatic carbocycles. The summed E-state index contributed by atoms with van der Waals surface area (Å²) in [4.78, 5) is 0.409. The zero-order valence-electron chi connectivity index (χ0n) is 12.9. The van der Waals surface area contributed by atoms with Crippen LogP contribution in [0.1, 0.15) is 31.2 Å². The average Bonchev–Trinajstić information content (AvgIpc) is 3.18. The average molecular weight is 321 g/mol. The topological polar surface area (TPSA) is 46.6 Å². The van der Waals surface area contributed by atoms with Gasteiger partial charge in [0.1, 0.15) is 0 Å². The zero-order valence-corrected chi connectivity index (χ0v) is 13.8. The van der Waals surface area contributed by atoms with E-state index < -0.39 is 10.0 Å². The Morgan fingerprint density at radius 3 is 2.55 bits per heavy atom. The first-order valence-corrected chi connectivity index (χ1v) is 9.70. The number of aryl methyl sites for hydroxylation is 1. The fourth-order valence-corrected chi connectivity index (χ4v) is 5.52. The summed E-state index contributed by atoms with van der Waals surface area (Å²) < 4.78 is 33.6. The number of piperidine rings is 1. The first-order chi connectivity index (χ1) is 10.6. The number of rotatable bonds is 5. The lowest BCUT2D eigenvalue weighted by atomic mass is 10.1. The molecule has 2 saturated carbocycles. The third-order valence-electron chi connectivity index (χ3n) is 5.31. The molecule has 22 heavy (non-hydrogen) atoms. The Bertz CT molecular complexity index is 651. The standard InChI is InChI=1S/C17H23NO3S/c1-12-2-7-15(8-3-12)22(19,20)18-10-14-6-9-16(18)17(14)21-11-13-4-5-13/h2-3,7-8,13-14,16-17H,4-6,9-11H2,1H3. The van der Waals surface area contributed by atoms with Crippen LogP contribution in [-0.4, -0.2) is 38.0 Å². The predicted octanol–water partition coefficient (Wildman–Crippen LogP) is 2.57. The van der Waals surface area contributed by atoms with Crippen molar-refractivity contribution in [3.05, 3.63) is 29.8 Å². The molecule has 3 fully saturated rings. The summed E-state index contributed by atoms with van der Waals surface area (Å²) in [7, 11) is -3.39. The Kier molecular flexibility index (Phi) is 3.55. The van der Waals surface area contributed by atoms with Crippen molar-refractivity contribution in [2.75, 3.05) is 13.2 Å². The van der Waals surface area contributed by atoms with E-state index in [9.17, 15) is 8.42 Å². The van der Waals surface area contributed by atoms with Crippen LogP contribution in [0.25, 0.3) is 0 Å². The summed E-state index contributed by atoms with van der Waals surface area (Å²) >= 11 is 0. The van der Waals surface area contributed by atoms with Gasteiger partial charge in [0.25, 0.3) is 0 Å². The number of ether oxygens (including phenoxy) is 1. The van der Waals surface area contributed by atoms with Crippen LogP contribution in [0, 0.1) is 18.8 Å². The molecule has 0 aromatic heterocycles. The Labute approximate surface area is 132 Å². The maximum Gasteiger partial charge on any atom is 0.243 e. The van der Waals surface area contributed by atoms with E-state index in [-0.39, 0.29) is 12.1 Å². The number of fused-ring (bicyclic) bond motifs is 2. The van der Waals surface area contributed by atoms with Crippen molar-refractivity contribution >= 4 is 10.0 Å². The van der Waals surface area contributed by atoms with Gasteiger partial charge in [0, 0.05) is 19.1 Å². The van der Waals surface area contributed by atoms with Crippen LogP contribution < -0.4 is 0 Å². The van der Waals surface area contributed by atoms with Crippen molar-refractivity contribution in [3.8, 4) is 0 Å². The van der Waals surface area contributed by atoms with Gasteiger partial charge in [0.2, 0.25) is 10.0 Å². The fourth-order valence-electron chi connectivity index (χ4n) is 3.80. The quantitative estimate of drug-likeness (QED) is 0.837. The van der Waals surface area contributed by atoms with Crippen molar-refractivity contribution < 1.29 is 13.2 Å². The highest BCUT2D eigenvalue weighted by Gasteiger charge is 2.52. The zero-order chi connectivity index (χ0) is 15.3. The van der Waals surface area contributed by atoms with Crippen molar-refractivity contribution in [2.45, 2.75) is 49.6 Å². The number of hydrogen-bond donors (Lipinski definition) is 0. The summed E-state index contributed by atoms with van der Waals surface area (Å²) in [6.45, 7) is 3.41. The Balaban J connectivity index is 1.53. The maximum atomic E-state index is 12.9. The lowest BCUT2D eigenvalue weighted by molar-refractivity contribution is 0.0271. The molecule has 1 saturated heterocycles. The van der Waals surface area contributed by atoms with Crippen LogP contribution in [0.3, 0.4) is 0 Å². The molecule has 120 valence electrons. The number of nitrogens with zero attached hydrogens (tertiary/aromatic N) is 1. The molecule has 4 nitrogen and oxygen atoms in total. The van der Waals surface area contributed by atoms with E-state index in [0.29, 0.717) is 17.4 Å². The van der Waals surface area contributed by atoms with Gasteiger partial charge in [-0.2, -0.15) is 4.31 Å². The first kappa shape index (κ1) is 14.7. The summed E-state index contributed by atoms with van der Waals surface area (Å²) in [6, 6.07) is 7.20. The minimum absolute atomic E-state index is 0.0371. The third kappa shape index (κ3) is 2.49. The highest BCUT2D eigenvalue weighted by atomic mass is 32.2. The fraction of sp³-hybridized carbons (Fsp3) is 0.647. The normalized spacial score (nSPS) is 31.8. The second-order valence-corrected chi connectivity index (χ2v) is 8.92. The molecule has 0 spiro atoms. The molecule has 3 aliphatic rings. The molecule has 1 aliphatic heterocycles. The highest BCUT2D eigenvalue weighted by Crippen LogP contribution is 2.43. The van der Waals surface area contributed by atoms with E-state index in [0.717, 1.165) is 30.9 Å². The largest absolute Gasteiger partial charge is 0.376 e. The van der Waals surface area contributed by atoms with E-state index >= 15 is 0 Å². The van der Waals surface area contributed by atoms with Crippen LogP contribution in [0.4, 0.5) is 0 Å². The van der Waals surface area contributed by atoms with Gasteiger partial charge < -0.3 is 4.74 Å². The predicted molar refractivity (Wildman–Crippen MR) is 84.0 cm³/mol. The second-order valence-electron chi connectivity index (χ2n) is 7.03. The summed E-state index contributed by atoms with van der Waals surface area (Å²) in [5.74, 6) is 1.10. The summed E-state index contributed by atoms with van der Waals surface area (Å²) in [5.41, 5.74) is 1.08. The Morgan fingerprint density at radius 2 is 1.86 bits per heavy atom. The van der Waals surface area contributed by atoms with Gasteiger partial charge >= 0.3 is 0 Å². The number of hydrogen-bond acceptors (Lipinski definition) is 3. The van der Waals surface area contributed by atoms with Crippen LogP contribution in [-0.2, 0) is 14.8 Å². The van der Waals surface area contributed by atoms with Gasteiger partial charge in [-0.05, 0) is 50.7 Å². The molecular formula is C17H23NO3S. The van der Waals surface area contributed by atoms with Crippen LogP contribution in [0.15, 0.2) is 29.2 Å². The van der Waals surface area contributed by atoms with Gasteiger partial charge in [-0.1, -0.05) is 17.7 Å². The molecule has 3 unspecified atom stereocenters. The molecule has 0 amide bonds. The number of sulfonamides is 1. The maximum absolute atomic E-state index is 12.9. The third-order valence-corrected chi connectivity index (χ3v) is 7.22. The van der Waals surface area contributed by atoms with E-state index in [4.69, 9.17) is 4.74 Å². The van der Waals surface area contributed by atoms with Crippen molar-refractivity contribution in [3.63, 3.8) is 0 Å². The molecular weight excluding hydrogens is 298 g/mol. The SMILES string of the molecule is Cc1ccc(S(=O)(=O)N2CC3CCC2C3OCC2CC2)cc1. The highest BCUT2D eigenvalue weighted by molar-refractivity contribution is 7.89. The molecule has 2 bridgehead atoms. The summed E-state index contributed by atoms with van der Waals surface area (Å²) in [5, 5.41) is 0. The van der Waals surface area contributed by atoms with Gasteiger partial charge in [-0.3, -0.25) is 0 Å². The van der Waals surface area contributed by atoms with Crippen molar-refractivity contribution in [2.24, 2.45) is 11.8 Å². The molecule has 0 radical (unpaired) electrons. The first-order valence-electron chi connectivity index (χ1n) is 8.26. The van der Waals surface area contributed by atoms with Gasteiger partial charge in [-0.25, -0.2) is 8.42 Å². The van der Waals surface area contributed by atoms with E-state index in [1.807, 2.05) is 19.1 Å². The molecule has 5 heteroatoms. The van der Waals surface area contributed by atoms with Crippen molar-refractivity contribution in [1.82, 2.24) is 4.31 Å². The lowest BCUT2D eigenvalue weighted by Gasteiger charge is -2.26. The van der Waals surface area contributed by atoms with Gasteiger partial charge in [0.05, 0.1) is 17.0 Å². The van der Waals surface area contributed by atoms with E-state index in [1.165, 1.54) is 12.8 Å². The molecule has 3 atom stereocenters. The molecule has 1 aromatic rings. The van der Waals surface area contributed by atoms with Crippen LogP contribution in [0.5, 0.6) is 0 Å². The second kappa shape index (κ2) is 5.32. The minimum Gasteiger partial charge on any atom is -0.376 e.